The Morgan fingerprint density at radius 3 is 1.80 bits per heavy atom. The third-order valence-electron chi connectivity index (χ3n) is 1.39. The van der Waals surface area contributed by atoms with Gasteiger partial charge in [0.25, 0.3) is 0 Å². The highest BCUT2D eigenvalue weighted by Gasteiger charge is 2.28. The SMILES string of the molecule is CCC.O=C(CO)[C@H](O)[C@@H](O)[C@H](O)CO. The van der Waals surface area contributed by atoms with Crippen LogP contribution in [-0.2, 0) is 4.79 Å². The van der Waals surface area contributed by atoms with Gasteiger partial charge in [0.2, 0.25) is 0 Å². The molecule has 0 bridgehead atoms. The third-order valence-corrected chi connectivity index (χ3v) is 1.39. The molecule has 0 saturated heterocycles. The predicted molar refractivity (Wildman–Crippen MR) is 53.2 cm³/mol. The van der Waals surface area contributed by atoms with Gasteiger partial charge in [0.1, 0.15) is 24.9 Å². The number of hydrogen-bond acceptors (Lipinski definition) is 6. The Labute approximate surface area is 88.8 Å². The minimum atomic E-state index is -1.86. The lowest BCUT2D eigenvalue weighted by Crippen LogP contribution is -2.44. The van der Waals surface area contributed by atoms with Gasteiger partial charge in [-0.3, -0.25) is 4.79 Å². The number of aliphatic hydroxyl groups is 5. The molecular formula is C9H20O6. The Morgan fingerprint density at radius 1 is 1.13 bits per heavy atom. The Kier molecular flexibility index (Phi) is 11.3. The highest BCUT2D eigenvalue weighted by Crippen LogP contribution is 2.00. The van der Waals surface area contributed by atoms with E-state index in [9.17, 15) is 4.79 Å². The maximum Gasteiger partial charge on any atom is 0.189 e. The van der Waals surface area contributed by atoms with Crippen molar-refractivity contribution in [2.24, 2.45) is 0 Å². The minimum Gasteiger partial charge on any atom is -0.394 e. The van der Waals surface area contributed by atoms with Gasteiger partial charge in [0.05, 0.1) is 6.61 Å². The number of hydrogen-bond donors (Lipinski definition) is 5. The molecule has 0 aromatic heterocycles. The standard InChI is InChI=1S/C6H12O6.C3H8/c7-1-3(9)5(11)6(12)4(10)2-8;1-3-2/h3,5-9,11-12H,1-2H2;3H2,1-2H3/t3-,5+,6+;/m1./s1. The van der Waals surface area contributed by atoms with Crippen LogP contribution in [0.4, 0.5) is 0 Å². The Morgan fingerprint density at radius 2 is 1.53 bits per heavy atom. The zero-order valence-corrected chi connectivity index (χ0v) is 9.00. The Balaban J connectivity index is 0. The average Bonchev–Trinajstić information content (AvgIpc) is 2.25. The van der Waals surface area contributed by atoms with Gasteiger partial charge < -0.3 is 25.5 Å². The van der Waals surface area contributed by atoms with Crippen LogP contribution < -0.4 is 0 Å². The predicted octanol–water partition coefficient (Wildman–Crippen LogP) is -1.96. The van der Waals surface area contributed by atoms with E-state index in [-0.39, 0.29) is 0 Å². The molecule has 6 heteroatoms. The Hall–Kier alpha value is -0.530. The van der Waals surface area contributed by atoms with Crippen LogP contribution in [0, 0.1) is 0 Å². The molecule has 6 nitrogen and oxygen atoms in total. The van der Waals surface area contributed by atoms with Crippen LogP contribution in [-0.4, -0.2) is 62.8 Å². The first-order valence-electron chi connectivity index (χ1n) is 4.74. The minimum absolute atomic E-state index is 0.767. The molecule has 0 rings (SSSR count). The van der Waals surface area contributed by atoms with Crippen molar-refractivity contribution in [3.05, 3.63) is 0 Å². The molecule has 0 aliphatic rings. The first kappa shape index (κ1) is 16.9. The first-order chi connectivity index (χ1) is 6.95. The highest BCUT2D eigenvalue weighted by molar-refractivity contribution is 5.84. The van der Waals surface area contributed by atoms with Crippen LogP contribution in [0.2, 0.25) is 0 Å². The molecular weight excluding hydrogens is 204 g/mol. The molecule has 0 radical (unpaired) electrons. The normalized spacial score (nSPS) is 15.9. The summed E-state index contributed by atoms with van der Waals surface area (Å²) in [5.41, 5.74) is 0. The zero-order valence-electron chi connectivity index (χ0n) is 9.00. The zero-order chi connectivity index (χ0) is 12.4. The monoisotopic (exact) mass is 224 g/mol. The highest BCUT2D eigenvalue weighted by atomic mass is 16.4. The quantitative estimate of drug-likeness (QED) is 0.370. The van der Waals surface area contributed by atoms with E-state index in [2.05, 4.69) is 13.8 Å². The van der Waals surface area contributed by atoms with E-state index >= 15 is 0 Å². The van der Waals surface area contributed by atoms with E-state index in [1.165, 1.54) is 6.42 Å². The molecule has 0 aliphatic heterocycles. The van der Waals surface area contributed by atoms with Gasteiger partial charge >= 0.3 is 0 Å². The summed E-state index contributed by atoms with van der Waals surface area (Å²) in [6.45, 7) is 2.56. The van der Waals surface area contributed by atoms with Gasteiger partial charge in [-0.05, 0) is 0 Å². The Bertz CT molecular complexity index is 161. The fourth-order valence-electron chi connectivity index (χ4n) is 0.602. The van der Waals surface area contributed by atoms with E-state index < -0.39 is 37.3 Å². The average molecular weight is 224 g/mol. The van der Waals surface area contributed by atoms with Crippen LogP contribution >= 0.6 is 0 Å². The van der Waals surface area contributed by atoms with Gasteiger partial charge in [-0.2, -0.15) is 0 Å². The molecule has 0 spiro atoms. The van der Waals surface area contributed by atoms with Crippen LogP contribution in [0.1, 0.15) is 20.3 Å². The summed E-state index contributed by atoms with van der Waals surface area (Å²) in [5.74, 6) is -1.00. The molecule has 0 amide bonds. The molecule has 0 aromatic carbocycles. The number of carbonyl (C=O) groups excluding carboxylic acids is 1. The molecule has 5 N–H and O–H groups in total. The molecule has 92 valence electrons. The van der Waals surface area contributed by atoms with Crippen LogP contribution in [0.15, 0.2) is 0 Å². The largest absolute Gasteiger partial charge is 0.394 e. The third kappa shape index (κ3) is 7.40. The van der Waals surface area contributed by atoms with Crippen molar-refractivity contribution in [2.45, 2.75) is 38.6 Å². The van der Waals surface area contributed by atoms with Crippen molar-refractivity contribution in [3.8, 4) is 0 Å². The van der Waals surface area contributed by atoms with E-state index in [1.807, 2.05) is 0 Å². The summed E-state index contributed by atoms with van der Waals surface area (Å²) < 4.78 is 0. The first-order valence-corrected chi connectivity index (χ1v) is 4.74. The molecule has 0 aromatic rings. The summed E-state index contributed by atoms with van der Waals surface area (Å²) in [6.07, 6.45) is -3.97. The number of Topliss-reactive ketones (excluding diaryl/α,β-unsaturated/α-hetero) is 1. The van der Waals surface area contributed by atoms with Gasteiger partial charge in [-0.1, -0.05) is 20.3 Å². The summed E-state index contributed by atoms with van der Waals surface area (Å²) in [5, 5.41) is 43.1. The second-order valence-electron chi connectivity index (χ2n) is 3.02. The smallest absolute Gasteiger partial charge is 0.189 e. The molecule has 0 unspecified atom stereocenters. The van der Waals surface area contributed by atoms with Crippen LogP contribution in [0.5, 0.6) is 0 Å². The van der Waals surface area contributed by atoms with Gasteiger partial charge in [0.15, 0.2) is 5.78 Å². The molecule has 15 heavy (non-hydrogen) atoms. The molecule has 3 atom stereocenters. The van der Waals surface area contributed by atoms with Crippen LogP contribution in [0.3, 0.4) is 0 Å². The lowest BCUT2D eigenvalue weighted by atomic mass is 10.1. The maximum atomic E-state index is 10.5. The van der Waals surface area contributed by atoms with Crippen molar-refractivity contribution >= 4 is 5.78 Å². The number of rotatable bonds is 5. The molecule has 0 heterocycles. The summed E-state index contributed by atoms with van der Waals surface area (Å²) in [7, 11) is 0. The second kappa shape index (κ2) is 10.0. The van der Waals surface area contributed by atoms with E-state index in [4.69, 9.17) is 25.5 Å². The number of aliphatic hydroxyl groups excluding tert-OH is 5. The van der Waals surface area contributed by atoms with Crippen molar-refractivity contribution in [1.82, 2.24) is 0 Å². The molecule has 0 aliphatic carbocycles. The van der Waals surface area contributed by atoms with Gasteiger partial charge in [-0.15, -0.1) is 0 Å². The van der Waals surface area contributed by atoms with Crippen molar-refractivity contribution in [1.29, 1.82) is 0 Å². The number of ketones is 1. The number of carbonyl (C=O) groups is 1. The summed E-state index contributed by atoms with van der Waals surface area (Å²) in [4.78, 5) is 10.5. The fraction of sp³-hybridized carbons (Fsp3) is 0.889. The lowest BCUT2D eigenvalue weighted by molar-refractivity contribution is -0.142. The lowest BCUT2D eigenvalue weighted by Gasteiger charge is -2.19. The topological polar surface area (TPSA) is 118 Å². The maximum absolute atomic E-state index is 10.5. The summed E-state index contributed by atoms with van der Waals surface area (Å²) >= 11 is 0. The van der Waals surface area contributed by atoms with E-state index in [1.54, 1.807) is 0 Å². The fourth-order valence-corrected chi connectivity index (χ4v) is 0.602. The van der Waals surface area contributed by atoms with Crippen molar-refractivity contribution in [3.63, 3.8) is 0 Å². The van der Waals surface area contributed by atoms with Gasteiger partial charge in [-0.25, -0.2) is 0 Å². The van der Waals surface area contributed by atoms with Gasteiger partial charge in [0, 0.05) is 0 Å². The van der Waals surface area contributed by atoms with Crippen molar-refractivity contribution < 1.29 is 30.3 Å². The molecule has 0 fully saturated rings. The summed E-state index contributed by atoms with van der Waals surface area (Å²) in [6, 6.07) is 0. The van der Waals surface area contributed by atoms with E-state index in [0.717, 1.165) is 0 Å². The van der Waals surface area contributed by atoms with E-state index in [0.29, 0.717) is 0 Å². The van der Waals surface area contributed by atoms with Crippen molar-refractivity contribution in [2.75, 3.05) is 13.2 Å². The second-order valence-corrected chi connectivity index (χ2v) is 3.02. The molecule has 0 saturated carbocycles. The van der Waals surface area contributed by atoms with Crippen LogP contribution in [0.25, 0.3) is 0 Å².